The molecule has 7 heteroatoms. The predicted octanol–water partition coefficient (Wildman–Crippen LogP) is 1.88. The van der Waals surface area contributed by atoms with Crippen LogP contribution in [0.4, 0.5) is 11.8 Å². The lowest BCUT2D eigenvalue weighted by atomic mass is 10.1. The summed E-state index contributed by atoms with van der Waals surface area (Å²) in [7, 11) is 0. The zero-order valence-electron chi connectivity index (χ0n) is 13.4. The first-order valence-electron chi connectivity index (χ1n) is 7.97. The van der Waals surface area contributed by atoms with Gasteiger partial charge in [0.2, 0.25) is 5.95 Å². The number of nitrogens with zero attached hydrogens (tertiary/aromatic N) is 4. The Morgan fingerprint density at radius 2 is 2.09 bits per heavy atom. The molecule has 3 N–H and O–H groups in total. The third-order valence-corrected chi connectivity index (χ3v) is 3.78. The van der Waals surface area contributed by atoms with Crippen molar-refractivity contribution in [3.05, 3.63) is 18.0 Å². The lowest BCUT2D eigenvalue weighted by molar-refractivity contribution is 0.477. The van der Waals surface area contributed by atoms with Crippen molar-refractivity contribution in [2.24, 2.45) is 0 Å². The third kappa shape index (κ3) is 3.66. The molecule has 23 heavy (non-hydrogen) atoms. The van der Waals surface area contributed by atoms with Crippen LogP contribution in [0.1, 0.15) is 32.4 Å². The fraction of sp³-hybridized carbons (Fsp3) is 0.500. The number of fused-ring (bicyclic) bond motifs is 1. The van der Waals surface area contributed by atoms with Gasteiger partial charge >= 0.3 is 0 Å². The van der Waals surface area contributed by atoms with E-state index in [0.717, 1.165) is 36.8 Å². The van der Waals surface area contributed by atoms with Crippen molar-refractivity contribution < 1.29 is 0 Å². The van der Waals surface area contributed by atoms with Gasteiger partial charge in [-0.15, -0.1) is 0 Å². The van der Waals surface area contributed by atoms with Crippen LogP contribution < -0.4 is 16.0 Å². The SMILES string of the molecule is CC(C)Nc1nc(C#N)cc2cnc(NC3CCNCC3)nc12. The van der Waals surface area contributed by atoms with Gasteiger partial charge in [0.25, 0.3) is 0 Å². The minimum absolute atomic E-state index is 0.204. The molecule has 0 radical (unpaired) electrons. The molecule has 120 valence electrons. The normalized spacial score (nSPS) is 15.6. The van der Waals surface area contributed by atoms with E-state index < -0.39 is 0 Å². The highest BCUT2D eigenvalue weighted by atomic mass is 15.1. The second-order valence-corrected chi connectivity index (χ2v) is 6.07. The molecule has 1 aliphatic rings. The number of rotatable bonds is 4. The molecule has 0 unspecified atom stereocenters. The molecule has 3 heterocycles. The molecular weight excluding hydrogens is 290 g/mol. The quantitative estimate of drug-likeness (QED) is 0.793. The van der Waals surface area contributed by atoms with Gasteiger partial charge in [-0.2, -0.15) is 5.26 Å². The Hall–Kier alpha value is -2.46. The molecule has 1 aliphatic heterocycles. The van der Waals surface area contributed by atoms with Crippen molar-refractivity contribution >= 4 is 22.7 Å². The van der Waals surface area contributed by atoms with Gasteiger partial charge in [-0.05, 0) is 45.8 Å². The molecule has 0 atom stereocenters. The van der Waals surface area contributed by atoms with E-state index in [1.165, 1.54) is 0 Å². The Labute approximate surface area is 135 Å². The van der Waals surface area contributed by atoms with Gasteiger partial charge < -0.3 is 16.0 Å². The smallest absolute Gasteiger partial charge is 0.223 e. The maximum Gasteiger partial charge on any atom is 0.223 e. The summed E-state index contributed by atoms with van der Waals surface area (Å²) < 4.78 is 0. The molecule has 0 aliphatic carbocycles. The Kier molecular flexibility index (Phi) is 4.53. The summed E-state index contributed by atoms with van der Waals surface area (Å²) in [6.45, 7) is 6.08. The van der Waals surface area contributed by atoms with Crippen LogP contribution in [-0.2, 0) is 0 Å². The predicted molar refractivity (Wildman–Crippen MR) is 90.3 cm³/mol. The summed E-state index contributed by atoms with van der Waals surface area (Å²) in [6, 6.07) is 4.40. The second-order valence-electron chi connectivity index (χ2n) is 6.07. The summed E-state index contributed by atoms with van der Waals surface area (Å²) in [6.07, 6.45) is 3.87. The molecule has 7 nitrogen and oxygen atoms in total. The standard InChI is InChI=1S/C16H21N7/c1-10(2)20-15-14-11(7-13(8-17)21-15)9-19-16(23-14)22-12-3-5-18-6-4-12/h7,9-10,12,18H,3-6H2,1-2H3,(H,20,21)(H,19,22,23). The first kappa shape index (κ1) is 15.4. The lowest BCUT2D eigenvalue weighted by Crippen LogP contribution is -2.35. The summed E-state index contributed by atoms with van der Waals surface area (Å²) >= 11 is 0. The number of hydrogen-bond donors (Lipinski definition) is 3. The van der Waals surface area contributed by atoms with Crippen molar-refractivity contribution in [1.82, 2.24) is 20.3 Å². The molecule has 3 rings (SSSR count). The van der Waals surface area contributed by atoms with Gasteiger partial charge in [0.1, 0.15) is 17.3 Å². The van der Waals surface area contributed by atoms with Crippen molar-refractivity contribution in [2.45, 2.75) is 38.8 Å². The van der Waals surface area contributed by atoms with Crippen LogP contribution in [0.25, 0.3) is 10.9 Å². The number of hydrogen-bond acceptors (Lipinski definition) is 7. The van der Waals surface area contributed by atoms with E-state index in [9.17, 15) is 0 Å². The van der Waals surface area contributed by atoms with E-state index in [0.29, 0.717) is 23.5 Å². The van der Waals surface area contributed by atoms with Gasteiger partial charge in [-0.1, -0.05) is 0 Å². The molecule has 0 spiro atoms. The molecule has 2 aromatic rings. The van der Waals surface area contributed by atoms with Crippen molar-refractivity contribution in [3.8, 4) is 6.07 Å². The molecule has 0 amide bonds. The first-order chi connectivity index (χ1) is 11.2. The molecule has 0 saturated carbocycles. The van der Waals surface area contributed by atoms with Crippen molar-refractivity contribution in [3.63, 3.8) is 0 Å². The Balaban J connectivity index is 1.94. The van der Waals surface area contributed by atoms with E-state index in [-0.39, 0.29) is 6.04 Å². The molecule has 1 saturated heterocycles. The number of pyridine rings is 1. The zero-order chi connectivity index (χ0) is 16.2. The van der Waals surface area contributed by atoms with Gasteiger partial charge in [0.15, 0.2) is 5.82 Å². The van der Waals surface area contributed by atoms with E-state index >= 15 is 0 Å². The van der Waals surface area contributed by atoms with Gasteiger partial charge in [0.05, 0.1) is 0 Å². The summed E-state index contributed by atoms with van der Waals surface area (Å²) in [5, 5.41) is 19.9. The highest BCUT2D eigenvalue weighted by Crippen LogP contribution is 2.22. The van der Waals surface area contributed by atoms with Gasteiger partial charge in [-0.3, -0.25) is 0 Å². The number of piperidine rings is 1. The first-order valence-corrected chi connectivity index (χ1v) is 7.97. The maximum absolute atomic E-state index is 9.13. The minimum atomic E-state index is 0.204. The van der Waals surface area contributed by atoms with Crippen LogP contribution in [0.5, 0.6) is 0 Å². The fourth-order valence-electron chi connectivity index (χ4n) is 2.69. The topological polar surface area (TPSA) is 98.5 Å². The van der Waals surface area contributed by atoms with E-state index in [4.69, 9.17) is 5.26 Å². The molecular formula is C16H21N7. The van der Waals surface area contributed by atoms with E-state index in [1.54, 1.807) is 12.3 Å². The van der Waals surface area contributed by atoms with Crippen molar-refractivity contribution in [2.75, 3.05) is 23.7 Å². The van der Waals surface area contributed by atoms with Gasteiger partial charge in [-0.25, -0.2) is 15.0 Å². The molecule has 0 aromatic carbocycles. The highest BCUT2D eigenvalue weighted by Gasteiger charge is 2.15. The van der Waals surface area contributed by atoms with Crippen LogP contribution in [0, 0.1) is 11.3 Å². The van der Waals surface area contributed by atoms with Crippen LogP contribution in [0.15, 0.2) is 12.3 Å². The van der Waals surface area contributed by atoms with Crippen LogP contribution in [-0.4, -0.2) is 40.1 Å². The Morgan fingerprint density at radius 1 is 1.30 bits per heavy atom. The van der Waals surface area contributed by atoms with E-state index in [2.05, 4.69) is 37.0 Å². The van der Waals surface area contributed by atoms with Crippen LogP contribution >= 0.6 is 0 Å². The third-order valence-electron chi connectivity index (χ3n) is 3.78. The lowest BCUT2D eigenvalue weighted by Gasteiger charge is -2.23. The minimum Gasteiger partial charge on any atom is -0.366 e. The Morgan fingerprint density at radius 3 is 2.78 bits per heavy atom. The second kappa shape index (κ2) is 6.75. The Bertz CT molecular complexity index is 729. The number of nitrogens with one attached hydrogen (secondary N) is 3. The summed E-state index contributed by atoms with van der Waals surface area (Å²) in [5.74, 6) is 1.24. The van der Waals surface area contributed by atoms with Crippen molar-refractivity contribution in [1.29, 1.82) is 5.26 Å². The summed E-state index contributed by atoms with van der Waals surface area (Å²) in [5.41, 5.74) is 1.10. The van der Waals surface area contributed by atoms with E-state index in [1.807, 2.05) is 13.8 Å². The molecule has 2 aromatic heterocycles. The number of anilines is 2. The average molecular weight is 311 g/mol. The number of aromatic nitrogens is 3. The van der Waals surface area contributed by atoms with Crippen LogP contribution in [0.3, 0.4) is 0 Å². The largest absolute Gasteiger partial charge is 0.366 e. The van der Waals surface area contributed by atoms with Gasteiger partial charge in [0, 0.05) is 23.7 Å². The fourth-order valence-corrected chi connectivity index (χ4v) is 2.69. The molecule has 1 fully saturated rings. The summed E-state index contributed by atoms with van der Waals surface area (Å²) in [4.78, 5) is 13.4. The monoisotopic (exact) mass is 311 g/mol. The zero-order valence-corrected chi connectivity index (χ0v) is 13.4. The highest BCUT2D eigenvalue weighted by molar-refractivity contribution is 5.89. The van der Waals surface area contributed by atoms with Crippen LogP contribution in [0.2, 0.25) is 0 Å². The average Bonchev–Trinajstić information content (AvgIpc) is 2.55. The molecule has 0 bridgehead atoms. The number of nitriles is 1. The maximum atomic E-state index is 9.13.